The fourth-order valence-corrected chi connectivity index (χ4v) is 3.90. The smallest absolute Gasteiger partial charge is 0.168 e. The van der Waals surface area contributed by atoms with Gasteiger partial charge in [-0.1, -0.05) is 30.1 Å². The lowest BCUT2D eigenvalue weighted by Crippen LogP contribution is -2.35. The van der Waals surface area contributed by atoms with Crippen molar-refractivity contribution in [2.75, 3.05) is 18.0 Å². The van der Waals surface area contributed by atoms with Crippen molar-refractivity contribution in [2.24, 2.45) is 5.92 Å². The Morgan fingerprint density at radius 3 is 2.56 bits per heavy atom. The highest BCUT2D eigenvalue weighted by Gasteiger charge is 2.23. The van der Waals surface area contributed by atoms with Crippen LogP contribution in [0.3, 0.4) is 0 Å². The molecule has 25 heavy (non-hydrogen) atoms. The van der Waals surface area contributed by atoms with E-state index in [1.165, 1.54) is 0 Å². The highest BCUT2D eigenvalue weighted by Crippen LogP contribution is 2.33. The number of hydrogen-bond acceptors (Lipinski definition) is 6. The van der Waals surface area contributed by atoms with Crippen molar-refractivity contribution in [1.29, 1.82) is 0 Å². The first-order valence-electron chi connectivity index (χ1n) is 7.99. The maximum Gasteiger partial charge on any atom is 0.168 e. The zero-order chi connectivity index (χ0) is 18.0. The first-order valence-corrected chi connectivity index (χ1v) is 10.1. The minimum atomic E-state index is -2.62. The fraction of sp³-hybridized carbons (Fsp3) is 0.438. The van der Waals surface area contributed by atoms with Gasteiger partial charge in [0.1, 0.15) is 22.2 Å². The molecule has 2 heterocycles. The van der Waals surface area contributed by atoms with E-state index in [4.69, 9.17) is 23.2 Å². The fourth-order valence-electron chi connectivity index (χ4n) is 3.01. The number of rotatable bonds is 4. The third-order valence-corrected chi connectivity index (χ3v) is 5.05. The highest BCUT2D eigenvalue weighted by molar-refractivity contribution is 7.71. The minimum absolute atomic E-state index is 0.196. The Balaban J connectivity index is 2.09. The highest BCUT2D eigenvalue weighted by atomic mass is 35.5. The molecule has 1 saturated heterocycles. The van der Waals surface area contributed by atoms with Crippen LogP contribution < -0.4 is 4.90 Å². The van der Waals surface area contributed by atoms with Crippen molar-refractivity contribution in [3.05, 3.63) is 34.1 Å². The van der Waals surface area contributed by atoms with Crippen LogP contribution in [-0.4, -0.2) is 36.7 Å². The first kappa shape index (κ1) is 18.4. The molecule has 2 aromatic rings. The third-order valence-electron chi connectivity index (χ3n) is 4.08. The number of hydrogen-bond donors (Lipinski definition) is 1. The summed E-state index contributed by atoms with van der Waals surface area (Å²) in [7, 11) is -2.62. The van der Waals surface area contributed by atoms with Gasteiger partial charge in [0, 0.05) is 28.7 Å². The van der Waals surface area contributed by atoms with Crippen LogP contribution in [0.4, 0.5) is 5.82 Å². The molecule has 1 aliphatic rings. The van der Waals surface area contributed by atoms with Crippen molar-refractivity contribution in [3.8, 4) is 11.3 Å². The molecule has 1 aromatic heterocycles. The van der Waals surface area contributed by atoms with Crippen LogP contribution in [0.25, 0.3) is 11.3 Å². The molecular formula is C16H18Cl2N4O2S. The predicted octanol–water partition coefficient (Wildman–Crippen LogP) is 3.19. The van der Waals surface area contributed by atoms with E-state index in [1.54, 1.807) is 18.2 Å². The van der Waals surface area contributed by atoms with E-state index in [0.29, 0.717) is 33.0 Å². The molecule has 134 valence electrons. The second kappa shape index (κ2) is 7.85. The molecule has 3 rings (SSSR count). The molecule has 0 bridgehead atoms. The van der Waals surface area contributed by atoms with Crippen LogP contribution in [0, 0.1) is 5.92 Å². The number of benzene rings is 1. The summed E-state index contributed by atoms with van der Waals surface area (Å²) >= 11 is 12.2. The van der Waals surface area contributed by atoms with Gasteiger partial charge in [-0.15, -0.1) is 10.2 Å². The third kappa shape index (κ3) is 4.59. The number of piperidine rings is 1. The normalized spacial score (nSPS) is 17.9. The maximum atomic E-state index is 11.0. The number of halogens is 2. The van der Waals surface area contributed by atoms with E-state index in [-0.39, 0.29) is 11.6 Å². The molecule has 6 nitrogen and oxygen atoms in total. The molecule has 9 heteroatoms. The van der Waals surface area contributed by atoms with Crippen molar-refractivity contribution >= 4 is 39.7 Å². The summed E-state index contributed by atoms with van der Waals surface area (Å²) < 4.78 is 22.1. The summed E-state index contributed by atoms with van der Waals surface area (Å²) in [5.74, 6) is 1.13. The molecule has 1 unspecified atom stereocenters. The summed E-state index contributed by atoms with van der Waals surface area (Å²) in [6.07, 6.45) is 2.21. The Morgan fingerprint density at radius 1 is 1.20 bits per heavy atom. The van der Waals surface area contributed by atoms with Crippen LogP contribution in [0.2, 0.25) is 10.0 Å². The Labute approximate surface area is 158 Å². The van der Waals surface area contributed by atoms with E-state index >= 15 is 0 Å². The van der Waals surface area contributed by atoms with Crippen LogP contribution in [0.15, 0.2) is 18.2 Å². The van der Waals surface area contributed by atoms with Gasteiger partial charge in [-0.05, 0) is 37.0 Å². The van der Waals surface area contributed by atoms with Crippen molar-refractivity contribution in [2.45, 2.75) is 25.5 Å². The lowest BCUT2D eigenvalue weighted by molar-refractivity contribution is 0.444. The molecule has 0 saturated carbocycles. The van der Waals surface area contributed by atoms with Gasteiger partial charge in [0.2, 0.25) is 0 Å². The van der Waals surface area contributed by atoms with E-state index in [1.807, 2.05) is 0 Å². The SMILES string of the molecule is CC1CCCN(c2nc(C[SH](=O)=O)nnc2-c2cc(Cl)cc(Cl)c2)C1. The van der Waals surface area contributed by atoms with Crippen LogP contribution >= 0.6 is 23.2 Å². The predicted molar refractivity (Wildman–Crippen MR) is 99.9 cm³/mol. The van der Waals surface area contributed by atoms with Crippen molar-refractivity contribution in [1.82, 2.24) is 15.2 Å². The van der Waals surface area contributed by atoms with Crippen LogP contribution in [-0.2, 0) is 16.5 Å². The largest absolute Gasteiger partial charge is 0.354 e. The van der Waals surface area contributed by atoms with Crippen molar-refractivity contribution in [3.63, 3.8) is 0 Å². The molecule has 1 aromatic carbocycles. The maximum absolute atomic E-state index is 11.0. The minimum Gasteiger partial charge on any atom is -0.354 e. The van der Waals surface area contributed by atoms with Gasteiger partial charge < -0.3 is 4.90 Å². The van der Waals surface area contributed by atoms with Gasteiger partial charge in [-0.25, -0.2) is 13.4 Å². The van der Waals surface area contributed by atoms with Gasteiger partial charge in [0.25, 0.3) is 0 Å². The van der Waals surface area contributed by atoms with Gasteiger partial charge in [0.15, 0.2) is 11.6 Å². The Morgan fingerprint density at radius 2 is 1.92 bits per heavy atom. The molecule has 1 atom stereocenters. The summed E-state index contributed by atoms with van der Waals surface area (Å²) in [5.41, 5.74) is 1.27. The average molecular weight is 401 g/mol. The molecule has 1 fully saturated rings. The average Bonchev–Trinajstić information content (AvgIpc) is 2.53. The van der Waals surface area contributed by atoms with Gasteiger partial charge in [-0.3, -0.25) is 0 Å². The van der Waals surface area contributed by atoms with Crippen LogP contribution in [0.1, 0.15) is 25.6 Å². The number of aromatic nitrogens is 3. The summed E-state index contributed by atoms with van der Waals surface area (Å²) in [6, 6.07) is 5.15. The lowest BCUT2D eigenvalue weighted by atomic mass is 10.00. The van der Waals surface area contributed by atoms with E-state index in [2.05, 4.69) is 27.0 Å². The van der Waals surface area contributed by atoms with Gasteiger partial charge in [-0.2, -0.15) is 0 Å². The van der Waals surface area contributed by atoms with Gasteiger partial charge in [0.05, 0.1) is 0 Å². The Kier molecular flexibility index (Phi) is 5.76. The zero-order valence-electron chi connectivity index (χ0n) is 13.7. The monoisotopic (exact) mass is 400 g/mol. The summed E-state index contributed by atoms with van der Waals surface area (Å²) in [5, 5.41) is 9.21. The topological polar surface area (TPSA) is 76.1 Å². The molecule has 0 aliphatic carbocycles. The molecule has 0 N–H and O–H groups in total. The molecule has 0 radical (unpaired) electrons. The zero-order valence-corrected chi connectivity index (χ0v) is 16.1. The summed E-state index contributed by atoms with van der Waals surface area (Å²) in [4.78, 5) is 6.62. The second-order valence-corrected chi connectivity index (χ2v) is 8.10. The standard InChI is InChI=1S/C16H18Cl2N4O2S/c1-10-3-2-4-22(8-10)16-15(11-5-12(17)7-13(18)6-11)21-20-14(19-16)9-25(23)24/h5-7,10,25H,2-4,8-9H2,1H3. The number of nitrogens with zero attached hydrogens (tertiary/aromatic N) is 4. The Bertz CT molecular complexity index is 832. The number of anilines is 1. The molecule has 1 aliphatic heterocycles. The van der Waals surface area contributed by atoms with Crippen molar-refractivity contribution < 1.29 is 8.42 Å². The molecular weight excluding hydrogens is 383 g/mol. The quantitative estimate of drug-likeness (QED) is 0.794. The van der Waals surface area contributed by atoms with E-state index < -0.39 is 10.7 Å². The lowest BCUT2D eigenvalue weighted by Gasteiger charge is -2.32. The second-order valence-electron chi connectivity index (χ2n) is 6.24. The van der Waals surface area contributed by atoms with Gasteiger partial charge >= 0.3 is 0 Å². The molecule has 0 amide bonds. The number of thiol groups is 1. The van der Waals surface area contributed by atoms with E-state index in [9.17, 15) is 8.42 Å². The van der Waals surface area contributed by atoms with Crippen LogP contribution in [0.5, 0.6) is 0 Å². The molecule has 0 spiro atoms. The first-order chi connectivity index (χ1) is 11.9. The Hall–Kier alpha value is -1.44. The summed E-state index contributed by atoms with van der Waals surface area (Å²) in [6.45, 7) is 3.86. The van der Waals surface area contributed by atoms with E-state index in [0.717, 1.165) is 25.9 Å².